The molecule has 2 aliphatic rings. The zero-order chi connectivity index (χ0) is 14.5. The number of aliphatic carboxylic acids is 1. The van der Waals surface area contributed by atoms with Crippen molar-refractivity contribution in [1.29, 1.82) is 0 Å². The van der Waals surface area contributed by atoms with Gasteiger partial charge in [-0.3, -0.25) is 4.79 Å². The van der Waals surface area contributed by atoms with Crippen molar-refractivity contribution in [2.45, 2.75) is 51.2 Å². The van der Waals surface area contributed by atoms with Gasteiger partial charge in [0.1, 0.15) is 0 Å². The molecule has 1 atom stereocenters. The Morgan fingerprint density at radius 2 is 2.15 bits per heavy atom. The molecule has 2 rings (SSSR count). The molecular formula is C14H24N2O4. The number of nitrogens with one attached hydrogen (secondary N) is 1. The van der Waals surface area contributed by atoms with Gasteiger partial charge in [0.15, 0.2) is 0 Å². The van der Waals surface area contributed by atoms with Crippen LogP contribution in [0.4, 0.5) is 4.79 Å². The Kier molecular flexibility index (Phi) is 5.23. The Hall–Kier alpha value is -1.30. The van der Waals surface area contributed by atoms with Gasteiger partial charge in [0.25, 0.3) is 0 Å². The molecule has 0 aromatic rings. The standard InChI is InChI=1S/C14H24N2O4/c1-2-20-12-7-11(8-12)15-14(19)16-5-3-4-10(9-16)6-13(17)18/h10-12H,2-9H2,1H3,(H,15,19)(H,17,18). The molecule has 1 heterocycles. The van der Waals surface area contributed by atoms with E-state index in [-0.39, 0.29) is 30.5 Å². The van der Waals surface area contributed by atoms with Crippen LogP contribution in [0.2, 0.25) is 0 Å². The van der Waals surface area contributed by atoms with Crippen LogP contribution in [-0.4, -0.2) is 53.8 Å². The molecule has 1 aliphatic carbocycles. The lowest BCUT2D eigenvalue weighted by Gasteiger charge is -2.38. The van der Waals surface area contributed by atoms with Crippen LogP contribution in [0.25, 0.3) is 0 Å². The molecule has 0 aromatic heterocycles. The summed E-state index contributed by atoms with van der Waals surface area (Å²) in [4.78, 5) is 24.6. The minimum absolute atomic E-state index is 0.0555. The highest BCUT2D eigenvalue weighted by atomic mass is 16.5. The maximum absolute atomic E-state index is 12.1. The summed E-state index contributed by atoms with van der Waals surface area (Å²) in [5, 5.41) is 11.8. The third-order valence-electron chi connectivity index (χ3n) is 4.09. The van der Waals surface area contributed by atoms with Crippen molar-refractivity contribution in [3.8, 4) is 0 Å². The maximum Gasteiger partial charge on any atom is 0.317 e. The van der Waals surface area contributed by atoms with Crippen LogP contribution < -0.4 is 5.32 Å². The molecule has 0 spiro atoms. The number of rotatable bonds is 5. The monoisotopic (exact) mass is 284 g/mol. The quantitative estimate of drug-likeness (QED) is 0.801. The third kappa shape index (κ3) is 4.10. The number of urea groups is 1. The summed E-state index contributed by atoms with van der Waals surface area (Å²) in [5.74, 6) is -0.694. The van der Waals surface area contributed by atoms with Crippen molar-refractivity contribution in [3.63, 3.8) is 0 Å². The van der Waals surface area contributed by atoms with Crippen LogP contribution in [0.3, 0.4) is 0 Å². The average molecular weight is 284 g/mol. The molecule has 0 aromatic carbocycles. The fourth-order valence-corrected chi connectivity index (χ4v) is 2.98. The fourth-order valence-electron chi connectivity index (χ4n) is 2.98. The second-order valence-electron chi connectivity index (χ2n) is 5.75. The summed E-state index contributed by atoms with van der Waals surface area (Å²) < 4.78 is 5.47. The van der Waals surface area contributed by atoms with Gasteiger partial charge in [0, 0.05) is 32.2 Å². The first-order valence-electron chi connectivity index (χ1n) is 7.47. The summed E-state index contributed by atoms with van der Waals surface area (Å²) >= 11 is 0. The number of hydrogen-bond acceptors (Lipinski definition) is 3. The minimum Gasteiger partial charge on any atom is -0.481 e. The Bertz CT molecular complexity index is 355. The number of hydrogen-bond donors (Lipinski definition) is 2. The SMILES string of the molecule is CCOC1CC(NC(=O)N2CCCC(CC(=O)O)C2)C1. The van der Waals surface area contributed by atoms with Crippen molar-refractivity contribution in [2.24, 2.45) is 5.92 Å². The van der Waals surface area contributed by atoms with E-state index < -0.39 is 5.97 Å². The second-order valence-corrected chi connectivity index (χ2v) is 5.75. The van der Waals surface area contributed by atoms with E-state index in [9.17, 15) is 9.59 Å². The number of ether oxygens (including phenoxy) is 1. The summed E-state index contributed by atoms with van der Waals surface area (Å²) in [6.45, 7) is 3.97. The van der Waals surface area contributed by atoms with Gasteiger partial charge in [0.05, 0.1) is 6.10 Å². The van der Waals surface area contributed by atoms with Crippen molar-refractivity contribution in [2.75, 3.05) is 19.7 Å². The van der Waals surface area contributed by atoms with E-state index in [1.807, 2.05) is 6.92 Å². The summed E-state index contributed by atoms with van der Waals surface area (Å²) in [6.07, 6.45) is 3.98. The number of carbonyl (C=O) groups excluding carboxylic acids is 1. The molecule has 0 bridgehead atoms. The van der Waals surface area contributed by atoms with Gasteiger partial charge in [-0.05, 0) is 38.5 Å². The van der Waals surface area contributed by atoms with Crippen LogP contribution in [0, 0.1) is 5.92 Å². The van der Waals surface area contributed by atoms with Gasteiger partial charge in [-0.1, -0.05) is 0 Å². The third-order valence-corrected chi connectivity index (χ3v) is 4.09. The molecule has 6 heteroatoms. The molecule has 1 aliphatic heterocycles. The summed E-state index contributed by atoms with van der Waals surface area (Å²) in [6, 6.07) is 0.152. The van der Waals surface area contributed by atoms with E-state index >= 15 is 0 Å². The van der Waals surface area contributed by atoms with Gasteiger partial charge in [-0.15, -0.1) is 0 Å². The van der Waals surface area contributed by atoms with Crippen LogP contribution >= 0.6 is 0 Å². The lowest BCUT2D eigenvalue weighted by atomic mass is 9.89. The summed E-state index contributed by atoms with van der Waals surface area (Å²) in [5.41, 5.74) is 0. The van der Waals surface area contributed by atoms with E-state index in [4.69, 9.17) is 9.84 Å². The van der Waals surface area contributed by atoms with Gasteiger partial charge < -0.3 is 20.1 Å². The van der Waals surface area contributed by atoms with E-state index in [2.05, 4.69) is 5.32 Å². The molecule has 2 amide bonds. The van der Waals surface area contributed by atoms with Crippen molar-refractivity contribution in [3.05, 3.63) is 0 Å². The van der Waals surface area contributed by atoms with E-state index in [1.165, 1.54) is 0 Å². The lowest BCUT2D eigenvalue weighted by molar-refractivity contribution is -0.138. The van der Waals surface area contributed by atoms with Crippen LogP contribution in [-0.2, 0) is 9.53 Å². The normalized spacial score (nSPS) is 29.6. The van der Waals surface area contributed by atoms with Gasteiger partial charge in [-0.25, -0.2) is 4.79 Å². The Morgan fingerprint density at radius 3 is 2.80 bits per heavy atom. The van der Waals surface area contributed by atoms with Crippen molar-refractivity contribution in [1.82, 2.24) is 10.2 Å². The molecule has 1 unspecified atom stereocenters. The zero-order valence-corrected chi connectivity index (χ0v) is 12.0. The zero-order valence-electron chi connectivity index (χ0n) is 12.0. The van der Waals surface area contributed by atoms with Crippen molar-refractivity contribution >= 4 is 12.0 Å². The Morgan fingerprint density at radius 1 is 1.40 bits per heavy atom. The first kappa shape index (κ1) is 15.1. The van der Waals surface area contributed by atoms with E-state index in [0.717, 1.165) is 32.2 Å². The molecule has 1 saturated carbocycles. The number of carboxylic acid groups (broad SMARTS) is 1. The number of amides is 2. The molecule has 6 nitrogen and oxygen atoms in total. The molecular weight excluding hydrogens is 260 g/mol. The average Bonchev–Trinajstić information content (AvgIpc) is 2.35. The number of nitrogens with zero attached hydrogens (tertiary/aromatic N) is 1. The van der Waals surface area contributed by atoms with Gasteiger partial charge >= 0.3 is 12.0 Å². The van der Waals surface area contributed by atoms with Crippen LogP contribution in [0.1, 0.15) is 39.0 Å². The molecule has 2 N–H and O–H groups in total. The second kappa shape index (κ2) is 6.92. The van der Waals surface area contributed by atoms with Gasteiger partial charge in [0.2, 0.25) is 0 Å². The number of carboxylic acids is 1. The van der Waals surface area contributed by atoms with Crippen LogP contribution in [0.15, 0.2) is 0 Å². The minimum atomic E-state index is -0.782. The predicted molar refractivity (Wildman–Crippen MR) is 73.5 cm³/mol. The fraction of sp³-hybridized carbons (Fsp3) is 0.857. The molecule has 0 radical (unpaired) electrons. The van der Waals surface area contributed by atoms with E-state index in [0.29, 0.717) is 13.2 Å². The highest BCUT2D eigenvalue weighted by Gasteiger charge is 2.33. The lowest BCUT2D eigenvalue weighted by Crippen LogP contribution is -2.53. The largest absolute Gasteiger partial charge is 0.481 e. The van der Waals surface area contributed by atoms with Gasteiger partial charge in [-0.2, -0.15) is 0 Å². The first-order chi connectivity index (χ1) is 9.58. The topological polar surface area (TPSA) is 78.9 Å². The first-order valence-corrected chi connectivity index (χ1v) is 7.47. The summed E-state index contributed by atoms with van der Waals surface area (Å²) in [7, 11) is 0. The molecule has 114 valence electrons. The van der Waals surface area contributed by atoms with E-state index in [1.54, 1.807) is 4.90 Å². The highest BCUT2D eigenvalue weighted by Crippen LogP contribution is 2.24. The predicted octanol–water partition coefficient (Wildman–Crippen LogP) is 1.45. The smallest absolute Gasteiger partial charge is 0.317 e. The molecule has 2 fully saturated rings. The Labute approximate surface area is 119 Å². The number of piperidine rings is 1. The maximum atomic E-state index is 12.1. The van der Waals surface area contributed by atoms with Crippen molar-refractivity contribution < 1.29 is 19.4 Å². The highest BCUT2D eigenvalue weighted by molar-refractivity contribution is 5.75. The molecule has 1 saturated heterocycles. The number of carbonyl (C=O) groups is 2. The molecule has 20 heavy (non-hydrogen) atoms. The Balaban J connectivity index is 1.71. The van der Waals surface area contributed by atoms with Crippen LogP contribution in [0.5, 0.6) is 0 Å². The number of likely N-dealkylation sites (tertiary alicyclic amines) is 1.